The number of para-hydroxylation sites is 1. The maximum absolute atomic E-state index is 12.5. The molecule has 0 atom stereocenters. The number of pyridine rings is 1. The Labute approximate surface area is 132 Å². The van der Waals surface area contributed by atoms with E-state index in [-0.39, 0.29) is 5.56 Å². The zero-order valence-electron chi connectivity index (χ0n) is 12.8. The van der Waals surface area contributed by atoms with E-state index in [1.807, 2.05) is 24.3 Å². The van der Waals surface area contributed by atoms with Crippen LogP contribution < -0.4 is 15.6 Å². The number of carbonyl (C=O) groups is 1. The quantitative estimate of drug-likeness (QED) is 0.781. The van der Waals surface area contributed by atoms with Gasteiger partial charge in [-0.1, -0.05) is 18.2 Å². The van der Waals surface area contributed by atoms with Gasteiger partial charge in [-0.2, -0.15) is 0 Å². The number of carbonyl (C=O) groups excluding carboxylic acids is 1. The molecule has 116 valence electrons. The number of H-pyrrole nitrogens is 1. The lowest BCUT2D eigenvalue weighted by Gasteiger charge is -2.10. The molecule has 0 spiro atoms. The molecule has 0 aliphatic rings. The van der Waals surface area contributed by atoms with Crippen molar-refractivity contribution in [1.82, 2.24) is 4.98 Å². The van der Waals surface area contributed by atoms with Crippen LogP contribution >= 0.6 is 0 Å². The molecule has 3 aromatic rings. The number of hydrogen-bond donors (Lipinski definition) is 2. The highest BCUT2D eigenvalue weighted by atomic mass is 16.5. The maximum atomic E-state index is 12.5. The first-order chi connectivity index (χ1) is 11.1. The SMILES string of the molecule is COc1ccc(NC(=O)c2c(C)c3ccccc3[nH]c2=O)cc1. The molecule has 0 saturated heterocycles. The highest BCUT2D eigenvalue weighted by molar-refractivity contribution is 6.07. The third-order valence-electron chi connectivity index (χ3n) is 3.76. The van der Waals surface area contributed by atoms with Gasteiger partial charge in [-0.3, -0.25) is 9.59 Å². The Hall–Kier alpha value is -3.08. The highest BCUT2D eigenvalue weighted by Crippen LogP contribution is 2.19. The van der Waals surface area contributed by atoms with Crippen LogP contribution in [0.3, 0.4) is 0 Å². The average molecular weight is 308 g/mol. The second-order valence-electron chi connectivity index (χ2n) is 5.18. The van der Waals surface area contributed by atoms with Gasteiger partial charge in [0.2, 0.25) is 0 Å². The summed E-state index contributed by atoms with van der Waals surface area (Å²) in [6.07, 6.45) is 0. The molecular weight excluding hydrogens is 292 g/mol. The minimum absolute atomic E-state index is 0.125. The van der Waals surface area contributed by atoms with Crippen molar-refractivity contribution in [1.29, 1.82) is 0 Å². The van der Waals surface area contributed by atoms with Crippen LogP contribution in [-0.4, -0.2) is 18.0 Å². The van der Waals surface area contributed by atoms with Gasteiger partial charge in [0.25, 0.3) is 11.5 Å². The Bertz CT molecular complexity index is 927. The Morgan fingerprint density at radius 1 is 1.09 bits per heavy atom. The first-order valence-electron chi connectivity index (χ1n) is 7.17. The molecule has 2 N–H and O–H groups in total. The molecule has 2 aromatic carbocycles. The summed E-state index contributed by atoms with van der Waals surface area (Å²) < 4.78 is 5.08. The number of anilines is 1. The first-order valence-corrected chi connectivity index (χ1v) is 7.17. The fourth-order valence-electron chi connectivity index (χ4n) is 2.55. The number of fused-ring (bicyclic) bond motifs is 1. The number of methoxy groups -OCH3 is 1. The van der Waals surface area contributed by atoms with Crippen molar-refractivity contribution in [3.63, 3.8) is 0 Å². The molecule has 5 nitrogen and oxygen atoms in total. The lowest BCUT2D eigenvalue weighted by atomic mass is 10.0. The van der Waals surface area contributed by atoms with Crippen molar-refractivity contribution in [2.75, 3.05) is 12.4 Å². The van der Waals surface area contributed by atoms with Crippen molar-refractivity contribution in [3.05, 3.63) is 70.0 Å². The molecule has 1 amide bonds. The Balaban J connectivity index is 1.98. The highest BCUT2D eigenvalue weighted by Gasteiger charge is 2.16. The van der Waals surface area contributed by atoms with Crippen molar-refractivity contribution in [2.45, 2.75) is 6.92 Å². The fraction of sp³-hybridized carbons (Fsp3) is 0.111. The number of aromatic amines is 1. The van der Waals surface area contributed by atoms with Crippen LogP contribution in [0.25, 0.3) is 10.9 Å². The molecule has 0 fully saturated rings. The fourth-order valence-corrected chi connectivity index (χ4v) is 2.55. The number of nitrogens with one attached hydrogen (secondary N) is 2. The summed E-state index contributed by atoms with van der Waals surface area (Å²) in [7, 11) is 1.57. The van der Waals surface area contributed by atoms with Crippen LogP contribution in [0, 0.1) is 6.92 Å². The number of amides is 1. The van der Waals surface area contributed by atoms with Crippen LogP contribution in [0.15, 0.2) is 53.3 Å². The standard InChI is InChI=1S/C18H16N2O3/c1-11-14-5-3-4-6-15(14)20-18(22)16(11)17(21)19-12-7-9-13(23-2)10-8-12/h3-10H,1-2H3,(H,19,21)(H,20,22). The summed E-state index contributed by atoms with van der Waals surface area (Å²) in [5.74, 6) is 0.266. The minimum atomic E-state index is -0.431. The second-order valence-corrected chi connectivity index (χ2v) is 5.18. The van der Waals surface area contributed by atoms with E-state index < -0.39 is 11.5 Å². The Kier molecular flexibility index (Phi) is 3.85. The van der Waals surface area contributed by atoms with E-state index in [0.717, 1.165) is 10.9 Å². The summed E-state index contributed by atoms with van der Waals surface area (Å²) in [4.78, 5) is 27.5. The molecule has 0 unspecified atom stereocenters. The average Bonchev–Trinajstić information content (AvgIpc) is 2.55. The third kappa shape index (κ3) is 2.81. The van der Waals surface area contributed by atoms with E-state index in [1.54, 1.807) is 38.3 Å². The minimum Gasteiger partial charge on any atom is -0.497 e. The van der Waals surface area contributed by atoms with E-state index in [0.29, 0.717) is 17.0 Å². The molecule has 0 saturated carbocycles. The molecule has 5 heteroatoms. The number of benzene rings is 2. The monoisotopic (exact) mass is 308 g/mol. The summed E-state index contributed by atoms with van der Waals surface area (Å²) >= 11 is 0. The molecule has 0 aliphatic heterocycles. The number of aromatic nitrogens is 1. The molecule has 0 bridgehead atoms. The van der Waals surface area contributed by atoms with Crippen molar-refractivity contribution < 1.29 is 9.53 Å². The largest absolute Gasteiger partial charge is 0.497 e. The van der Waals surface area contributed by atoms with E-state index in [2.05, 4.69) is 10.3 Å². The van der Waals surface area contributed by atoms with Gasteiger partial charge in [-0.15, -0.1) is 0 Å². The van der Waals surface area contributed by atoms with Crippen LogP contribution in [-0.2, 0) is 0 Å². The lowest BCUT2D eigenvalue weighted by molar-refractivity contribution is 0.102. The Morgan fingerprint density at radius 2 is 1.78 bits per heavy atom. The van der Waals surface area contributed by atoms with E-state index >= 15 is 0 Å². The van der Waals surface area contributed by atoms with Gasteiger partial charge in [0, 0.05) is 16.6 Å². The smallest absolute Gasteiger partial charge is 0.261 e. The van der Waals surface area contributed by atoms with E-state index in [1.165, 1.54) is 0 Å². The number of rotatable bonds is 3. The van der Waals surface area contributed by atoms with Crippen molar-refractivity contribution >= 4 is 22.5 Å². The molecule has 0 aliphatic carbocycles. The summed E-state index contributed by atoms with van der Waals surface area (Å²) in [6.45, 7) is 1.78. The van der Waals surface area contributed by atoms with Gasteiger partial charge >= 0.3 is 0 Å². The third-order valence-corrected chi connectivity index (χ3v) is 3.76. The molecule has 1 aromatic heterocycles. The topological polar surface area (TPSA) is 71.2 Å². The summed E-state index contributed by atoms with van der Waals surface area (Å²) in [5, 5.41) is 3.60. The number of hydrogen-bond acceptors (Lipinski definition) is 3. The van der Waals surface area contributed by atoms with Gasteiger partial charge < -0.3 is 15.0 Å². The molecule has 0 radical (unpaired) electrons. The Morgan fingerprint density at radius 3 is 2.48 bits per heavy atom. The zero-order chi connectivity index (χ0) is 16.4. The van der Waals surface area contributed by atoms with Gasteiger partial charge in [0.1, 0.15) is 11.3 Å². The van der Waals surface area contributed by atoms with Crippen LogP contribution in [0.2, 0.25) is 0 Å². The summed E-state index contributed by atoms with van der Waals surface area (Å²) in [6, 6.07) is 14.3. The predicted octanol–water partition coefficient (Wildman–Crippen LogP) is 3.10. The number of aryl methyl sites for hydroxylation is 1. The molecular formula is C18H16N2O3. The molecule has 1 heterocycles. The van der Waals surface area contributed by atoms with Gasteiger partial charge in [0.05, 0.1) is 7.11 Å². The predicted molar refractivity (Wildman–Crippen MR) is 90.3 cm³/mol. The second kappa shape index (κ2) is 5.96. The van der Waals surface area contributed by atoms with Gasteiger partial charge in [-0.05, 0) is 42.8 Å². The van der Waals surface area contributed by atoms with E-state index in [4.69, 9.17) is 4.74 Å². The van der Waals surface area contributed by atoms with Gasteiger partial charge in [-0.25, -0.2) is 0 Å². The molecule has 23 heavy (non-hydrogen) atoms. The van der Waals surface area contributed by atoms with Crippen LogP contribution in [0.4, 0.5) is 5.69 Å². The molecule has 3 rings (SSSR count). The van der Waals surface area contributed by atoms with Gasteiger partial charge in [0.15, 0.2) is 0 Å². The van der Waals surface area contributed by atoms with E-state index in [9.17, 15) is 9.59 Å². The van der Waals surface area contributed by atoms with Crippen molar-refractivity contribution in [3.8, 4) is 5.75 Å². The van der Waals surface area contributed by atoms with Crippen LogP contribution in [0.1, 0.15) is 15.9 Å². The normalized spacial score (nSPS) is 10.5. The lowest BCUT2D eigenvalue weighted by Crippen LogP contribution is -2.25. The summed E-state index contributed by atoms with van der Waals surface area (Å²) in [5.41, 5.74) is 1.71. The number of ether oxygens (including phenoxy) is 1. The maximum Gasteiger partial charge on any atom is 0.261 e. The zero-order valence-corrected chi connectivity index (χ0v) is 12.8. The first kappa shape index (κ1) is 14.8. The van der Waals surface area contributed by atoms with Crippen molar-refractivity contribution in [2.24, 2.45) is 0 Å². The van der Waals surface area contributed by atoms with Crippen LogP contribution in [0.5, 0.6) is 5.75 Å².